The minimum Gasteiger partial charge on any atom is -0.467 e. The van der Waals surface area contributed by atoms with Crippen LogP contribution in [0.1, 0.15) is 21.5 Å². The Labute approximate surface area is 152 Å². The molecule has 0 saturated carbocycles. The summed E-state index contributed by atoms with van der Waals surface area (Å²) < 4.78 is 4.71. The first kappa shape index (κ1) is 18.6. The van der Waals surface area contributed by atoms with Crippen LogP contribution in [0.2, 0.25) is 0 Å². The normalized spacial score (nSPS) is 11.0. The molecular weight excluding hydrogens is 334 g/mol. The molecule has 0 radical (unpaired) electrons. The Morgan fingerprint density at radius 3 is 2.20 bits per heavy atom. The van der Waals surface area contributed by atoms with E-state index in [0.29, 0.717) is 11.3 Å². The second-order valence-electron chi connectivity index (χ2n) is 5.20. The molecule has 2 aromatic rings. The van der Waals surface area contributed by atoms with E-state index in [-0.39, 0.29) is 5.91 Å². The zero-order chi connectivity index (χ0) is 18.1. The minimum atomic E-state index is -0.662. The van der Waals surface area contributed by atoms with Crippen LogP contribution in [0.3, 0.4) is 0 Å². The minimum absolute atomic E-state index is 0.313. The number of esters is 1. The Morgan fingerprint density at radius 2 is 1.64 bits per heavy atom. The molecular formula is C20H19NO3S. The first-order chi connectivity index (χ1) is 12.1. The summed E-state index contributed by atoms with van der Waals surface area (Å²) in [7, 11) is 1.31. The van der Waals surface area contributed by atoms with Gasteiger partial charge in [-0.2, -0.15) is 11.8 Å². The van der Waals surface area contributed by atoms with Crippen LogP contribution in [-0.4, -0.2) is 37.0 Å². The fourth-order valence-electron chi connectivity index (χ4n) is 2.09. The third-order valence-electron chi connectivity index (χ3n) is 3.40. The maximum absolute atomic E-state index is 12.3. The number of carbonyl (C=O) groups excluding carboxylic acids is 2. The molecule has 0 saturated heterocycles. The molecule has 0 aromatic heterocycles. The summed E-state index contributed by atoms with van der Waals surface area (Å²) in [6.07, 6.45) is 1.86. The number of thioether (sulfide) groups is 1. The Balaban J connectivity index is 2.05. The number of ether oxygens (including phenoxy) is 1. The number of benzene rings is 2. The molecule has 0 fully saturated rings. The van der Waals surface area contributed by atoms with Gasteiger partial charge in [0.1, 0.15) is 6.04 Å². The topological polar surface area (TPSA) is 55.4 Å². The van der Waals surface area contributed by atoms with Crippen LogP contribution in [0.25, 0.3) is 0 Å². The molecule has 0 spiro atoms. The maximum atomic E-state index is 12.3. The average Bonchev–Trinajstić information content (AvgIpc) is 2.66. The molecule has 0 bridgehead atoms. The summed E-state index contributed by atoms with van der Waals surface area (Å²) in [6.45, 7) is 0. The van der Waals surface area contributed by atoms with Crippen LogP contribution in [0.4, 0.5) is 0 Å². The fourth-order valence-corrected chi connectivity index (χ4v) is 2.64. The molecule has 2 aromatic carbocycles. The van der Waals surface area contributed by atoms with Gasteiger partial charge in [0.05, 0.1) is 7.11 Å². The van der Waals surface area contributed by atoms with E-state index < -0.39 is 12.0 Å². The lowest BCUT2D eigenvalue weighted by molar-refractivity contribution is -0.142. The van der Waals surface area contributed by atoms with Gasteiger partial charge in [0.2, 0.25) is 0 Å². The van der Waals surface area contributed by atoms with Gasteiger partial charge in [0.25, 0.3) is 5.91 Å². The van der Waals surface area contributed by atoms with E-state index in [2.05, 4.69) is 17.2 Å². The summed E-state index contributed by atoms with van der Waals surface area (Å²) in [6, 6.07) is 16.0. The van der Waals surface area contributed by atoms with Gasteiger partial charge >= 0.3 is 5.97 Å². The van der Waals surface area contributed by atoms with Crippen molar-refractivity contribution in [3.05, 3.63) is 71.3 Å². The smallest absolute Gasteiger partial charge is 0.329 e. The van der Waals surface area contributed by atoms with E-state index in [4.69, 9.17) is 4.74 Å². The van der Waals surface area contributed by atoms with Gasteiger partial charge in [-0.15, -0.1) is 0 Å². The molecule has 128 valence electrons. The maximum Gasteiger partial charge on any atom is 0.329 e. The van der Waals surface area contributed by atoms with Crippen molar-refractivity contribution in [2.45, 2.75) is 6.04 Å². The number of hydrogen-bond acceptors (Lipinski definition) is 4. The molecule has 4 nitrogen and oxygen atoms in total. The summed E-state index contributed by atoms with van der Waals surface area (Å²) in [5.74, 6) is 5.82. The van der Waals surface area contributed by atoms with Crippen molar-refractivity contribution in [3.63, 3.8) is 0 Å². The SMILES string of the molecule is COC(=O)[C@H](CSC)NC(=O)c1ccc(C#Cc2ccccc2)cc1. The van der Waals surface area contributed by atoms with Crippen molar-refractivity contribution >= 4 is 23.6 Å². The van der Waals surface area contributed by atoms with Crippen LogP contribution in [0.15, 0.2) is 54.6 Å². The van der Waals surface area contributed by atoms with Crippen LogP contribution in [0, 0.1) is 11.8 Å². The highest BCUT2D eigenvalue weighted by Gasteiger charge is 2.21. The Bertz CT molecular complexity index is 776. The van der Waals surface area contributed by atoms with Crippen molar-refractivity contribution < 1.29 is 14.3 Å². The monoisotopic (exact) mass is 353 g/mol. The summed E-state index contributed by atoms with van der Waals surface area (Å²) in [5, 5.41) is 2.69. The average molecular weight is 353 g/mol. The summed E-state index contributed by atoms with van der Waals surface area (Å²) >= 11 is 1.46. The molecule has 2 rings (SSSR count). The number of rotatable bonds is 5. The molecule has 0 aliphatic heterocycles. The molecule has 5 heteroatoms. The third-order valence-corrected chi connectivity index (χ3v) is 4.06. The van der Waals surface area contributed by atoms with E-state index in [1.165, 1.54) is 18.9 Å². The van der Waals surface area contributed by atoms with Gasteiger partial charge < -0.3 is 10.1 Å². The molecule has 1 atom stereocenters. The fraction of sp³-hybridized carbons (Fsp3) is 0.200. The van der Waals surface area contributed by atoms with Crippen LogP contribution < -0.4 is 5.32 Å². The lowest BCUT2D eigenvalue weighted by Crippen LogP contribution is -2.43. The first-order valence-corrected chi connectivity index (χ1v) is 9.08. The van der Waals surface area contributed by atoms with E-state index in [9.17, 15) is 9.59 Å². The number of amides is 1. The van der Waals surface area contributed by atoms with Crippen LogP contribution in [0.5, 0.6) is 0 Å². The summed E-state index contributed by atoms with van der Waals surface area (Å²) in [5.41, 5.74) is 2.22. The van der Waals surface area contributed by atoms with E-state index in [1.54, 1.807) is 24.3 Å². The second kappa shape index (κ2) is 9.55. The molecule has 0 aliphatic rings. The third kappa shape index (κ3) is 5.70. The number of carbonyl (C=O) groups is 2. The van der Waals surface area contributed by atoms with Crippen LogP contribution in [-0.2, 0) is 9.53 Å². The number of hydrogen-bond donors (Lipinski definition) is 1. The molecule has 0 heterocycles. The van der Waals surface area contributed by atoms with Crippen molar-refractivity contribution in [3.8, 4) is 11.8 Å². The highest BCUT2D eigenvalue weighted by atomic mass is 32.2. The van der Waals surface area contributed by atoms with Crippen molar-refractivity contribution in [2.75, 3.05) is 19.1 Å². The lowest BCUT2D eigenvalue weighted by Gasteiger charge is -2.15. The van der Waals surface area contributed by atoms with E-state index >= 15 is 0 Å². The van der Waals surface area contributed by atoms with Crippen molar-refractivity contribution in [1.82, 2.24) is 5.32 Å². The van der Waals surface area contributed by atoms with Gasteiger partial charge in [-0.3, -0.25) is 4.79 Å². The van der Waals surface area contributed by atoms with Gasteiger partial charge in [-0.05, 0) is 42.7 Å². The number of nitrogens with one attached hydrogen (secondary N) is 1. The molecule has 1 N–H and O–H groups in total. The summed E-state index contributed by atoms with van der Waals surface area (Å²) in [4.78, 5) is 24.0. The Kier molecular flexibility index (Phi) is 7.12. The Hall–Kier alpha value is -2.71. The molecule has 25 heavy (non-hydrogen) atoms. The number of methoxy groups -OCH3 is 1. The standard InChI is InChI=1S/C20H19NO3S/c1-24-20(23)18(14-25-2)21-19(22)17-12-10-16(11-13-17)9-8-15-6-4-3-5-7-15/h3-7,10-13,18H,14H2,1-2H3,(H,21,22)/t18-/m0/s1. The highest BCUT2D eigenvalue weighted by Crippen LogP contribution is 2.06. The Morgan fingerprint density at radius 1 is 1.04 bits per heavy atom. The zero-order valence-corrected chi connectivity index (χ0v) is 14.9. The molecule has 1 amide bonds. The first-order valence-electron chi connectivity index (χ1n) is 7.69. The second-order valence-corrected chi connectivity index (χ2v) is 6.11. The van der Waals surface area contributed by atoms with Gasteiger partial charge in [-0.1, -0.05) is 30.0 Å². The van der Waals surface area contributed by atoms with Crippen molar-refractivity contribution in [1.29, 1.82) is 0 Å². The quantitative estimate of drug-likeness (QED) is 0.663. The predicted octanol–water partition coefficient (Wildman–Crippen LogP) is 2.72. The van der Waals surface area contributed by atoms with Crippen LogP contribution >= 0.6 is 11.8 Å². The lowest BCUT2D eigenvalue weighted by atomic mass is 10.1. The largest absolute Gasteiger partial charge is 0.467 e. The zero-order valence-electron chi connectivity index (χ0n) is 14.1. The van der Waals surface area contributed by atoms with Gasteiger partial charge in [-0.25, -0.2) is 4.79 Å². The van der Waals surface area contributed by atoms with Gasteiger partial charge in [0, 0.05) is 22.4 Å². The van der Waals surface area contributed by atoms with Crippen molar-refractivity contribution in [2.24, 2.45) is 0 Å². The molecule has 0 aliphatic carbocycles. The van der Waals surface area contributed by atoms with Gasteiger partial charge in [0.15, 0.2) is 0 Å². The molecule has 0 unspecified atom stereocenters. The predicted molar refractivity (Wildman–Crippen MR) is 101 cm³/mol. The highest BCUT2D eigenvalue weighted by molar-refractivity contribution is 7.98. The van der Waals surface area contributed by atoms with E-state index in [1.807, 2.05) is 36.6 Å². The van der Waals surface area contributed by atoms with E-state index in [0.717, 1.165) is 11.1 Å².